The van der Waals surface area contributed by atoms with Crippen molar-refractivity contribution in [2.75, 3.05) is 6.61 Å². The highest BCUT2D eigenvalue weighted by Crippen LogP contribution is 2.68. The van der Waals surface area contributed by atoms with Crippen LogP contribution < -0.4 is 4.74 Å². The zero-order chi connectivity index (χ0) is 14.7. The van der Waals surface area contributed by atoms with Gasteiger partial charge in [0.15, 0.2) is 0 Å². The molecule has 0 N–H and O–H groups in total. The van der Waals surface area contributed by atoms with Gasteiger partial charge in [0.05, 0.1) is 6.61 Å². The van der Waals surface area contributed by atoms with Gasteiger partial charge < -0.3 is 4.74 Å². The minimum Gasteiger partial charge on any atom is -0.493 e. The molecule has 0 unspecified atom stereocenters. The summed E-state index contributed by atoms with van der Waals surface area (Å²) >= 11 is 6.15. The van der Waals surface area contributed by atoms with Crippen molar-refractivity contribution < 1.29 is 9.53 Å². The maximum absolute atomic E-state index is 12.6. The Balaban J connectivity index is 1.85. The van der Waals surface area contributed by atoms with E-state index in [1.165, 1.54) is 0 Å². The summed E-state index contributed by atoms with van der Waals surface area (Å²) in [6, 6.07) is 3.83. The lowest BCUT2D eigenvalue weighted by atomic mass is 9.98. The number of carbonyl (C=O) groups excluding carboxylic acids is 1. The number of carbonyl (C=O) groups is 1. The second-order valence-electron chi connectivity index (χ2n) is 7.17. The molecule has 1 fully saturated rings. The minimum absolute atomic E-state index is 0.0900. The molecule has 0 bridgehead atoms. The third-order valence-corrected chi connectivity index (χ3v) is 5.75. The van der Waals surface area contributed by atoms with Gasteiger partial charge in [-0.3, -0.25) is 4.79 Å². The molecule has 1 saturated carbocycles. The van der Waals surface area contributed by atoms with Crippen molar-refractivity contribution in [3.63, 3.8) is 0 Å². The largest absolute Gasteiger partial charge is 0.493 e. The van der Waals surface area contributed by atoms with E-state index in [2.05, 4.69) is 27.7 Å². The Morgan fingerprint density at radius 1 is 1.30 bits per heavy atom. The molecule has 3 heteroatoms. The van der Waals surface area contributed by atoms with Gasteiger partial charge in [0.25, 0.3) is 0 Å². The number of benzene rings is 1. The molecule has 0 saturated heterocycles. The molecule has 0 spiro atoms. The molecular formula is C17H21ClO2. The van der Waals surface area contributed by atoms with Crippen molar-refractivity contribution in [3.05, 3.63) is 28.3 Å². The quantitative estimate of drug-likeness (QED) is 0.839. The van der Waals surface area contributed by atoms with Gasteiger partial charge in [-0.1, -0.05) is 39.3 Å². The van der Waals surface area contributed by atoms with E-state index in [4.69, 9.17) is 16.3 Å². The number of hydrogen-bond acceptors (Lipinski definition) is 2. The van der Waals surface area contributed by atoms with Crippen LogP contribution in [0.25, 0.3) is 0 Å². The zero-order valence-electron chi connectivity index (χ0n) is 12.5. The summed E-state index contributed by atoms with van der Waals surface area (Å²) in [6.45, 7) is 9.39. The first-order valence-corrected chi connectivity index (χ1v) is 7.60. The van der Waals surface area contributed by atoms with E-state index in [1.54, 1.807) is 0 Å². The van der Waals surface area contributed by atoms with Crippen LogP contribution in [-0.2, 0) is 17.6 Å². The van der Waals surface area contributed by atoms with Crippen molar-refractivity contribution in [2.24, 2.45) is 16.7 Å². The highest BCUT2D eigenvalue weighted by molar-refractivity contribution is 6.30. The molecule has 108 valence electrons. The lowest BCUT2D eigenvalue weighted by Crippen LogP contribution is -2.11. The average Bonchev–Trinajstić information content (AvgIpc) is 2.66. The summed E-state index contributed by atoms with van der Waals surface area (Å²) in [6.07, 6.45) is 1.32. The van der Waals surface area contributed by atoms with Crippen LogP contribution >= 0.6 is 11.6 Å². The van der Waals surface area contributed by atoms with Crippen LogP contribution in [0.2, 0.25) is 5.02 Å². The van der Waals surface area contributed by atoms with Crippen molar-refractivity contribution in [1.82, 2.24) is 0 Å². The molecule has 0 atom stereocenters. The Morgan fingerprint density at radius 3 is 2.55 bits per heavy atom. The van der Waals surface area contributed by atoms with Crippen molar-refractivity contribution >= 4 is 17.4 Å². The maximum Gasteiger partial charge on any atom is 0.141 e. The van der Waals surface area contributed by atoms with Crippen LogP contribution in [0.5, 0.6) is 5.75 Å². The molecule has 0 amide bonds. The average molecular weight is 293 g/mol. The summed E-state index contributed by atoms with van der Waals surface area (Å²) in [5, 5.41) is 0.700. The maximum atomic E-state index is 12.6. The van der Waals surface area contributed by atoms with Crippen molar-refractivity contribution in [2.45, 2.75) is 40.5 Å². The van der Waals surface area contributed by atoms with E-state index in [-0.39, 0.29) is 16.7 Å². The molecule has 1 aromatic carbocycles. The van der Waals surface area contributed by atoms with Gasteiger partial charge in [-0.25, -0.2) is 0 Å². The number of ether oxygens (including phenoxy) is 1. The Kier molecular flexibility index (Phi) is 2.95. The van der Waals surface area contributed by atoms with E-state index in [9.17, 15) is 4.79 Å². The summed E-state index contributed by atoms with van der Waals surface area (Å²) in [4.78, 5) is 12.6. The van der Waals surface area contributed by atoms with E-state index < -0.39 is 0 Å². The number of halogens is 1. The van der Waals surface area contributed by atoms with Gasteiger partial charge in [-0.2, -0.15) is 0 Å². The number of rotatable bonds is 3. The van der Waals surface area contributed by atoms with Crippen LogP contribution in [0, 0.1) is 16.7 Å². The van der Waals surface area contributed by atoms with Crippen LogP contribution in [0.1, 0.15) is 38.8 Å². The first kappa shape index (κ1) is 13.9. The van der Waals surface area contributed by atoms with Gasteiger partial charge in [0.2, 0.25) is 0 Å². The summed E-state index contributed by atoms with van der Waals surface area (Å²) in [5.41, 5.74) is 2.27. The Bertz CT molecular complexity index is 573. The van der Waals surface area contributed by atoms with Gasteiger partial charge in [-0.05, 0) is 28.5 Å². The molecule has 1 aromatic rings. The Morgan fingerprint density at radius 2 is 1.95 bits per heavy atom. The first-order chi connectivity index (χ1) is 9.25. The number of Topliss-reactive ketones (excluding diaryl/α,β-unsaturated/α-hetero) is 1. The van der Waals surface area contributed by atoms with Crippen molar-refractivity contribution in [3.8, 4) is 5.75 Å². The Hall–Kier alpha value is -1.02. The molecule has 1 heterocycles. The van der Waals surface area contributed by atoms with Gasteiger partial charge in [-0.15, -0.1) is 0 Å². The molecule has 1 aliphatic carbocycles. The third-order valence-electron chi connectivity index (χ3n) is 5.53. The van der Waals surface area contributed by atoms with Crippen LogP contribution in [0.3, 0.4) is 0 Å². The van der Waals surface area contributed by atoms with E-state index in [0.717, 1.165) is 23.3 Å². The summed E-state index contributed by atoms with van der Waals surface area (Å²) < 4.78 is 5.68. The van der Waals surface area contributed by atoms with Crippen LogP contribution in [0.4, 0.5) is 0 Å². The molecule has 1 aliphatic heterocycles. The monoisotopic (exact) mass is 292 g/mol. The summed E-state index contributed by atoms with van der Waals surface area (Å²) in [7, 11) is 0. The fourth-order valence-corrected chi connectivity index (χ4v) is 4.03. The second kappa shape index (κ2) is 4.24. The summed E-state index contributed by atoms with van der Waals surface area (Å²) in [5.74, 6) is 1.32. The van der Waals surface area contributed by atoms with Gasteiger partial charge >= 0.3 is 0 Å². The molecule has 0 aromatic heterocycles. The number of ketones is 1. The van der Waals surface area contributed by atoms with Gasteiger partial charge in [0.1, 0.15) is 11.5 Å². The highest BCUT2D eigenvalue weighted by Gasteiger charge is 2.67. The number of fused-ring (bicyclic) bond motifs is 1. The highest BCUT2D eigenvalue weighted by atomic mass is 35.5. The SMILES string of the molecule is CC1(C)C(C(=O)Cc2cc(Cl)cc3c2OCC3)C1(C)C. The predicted molar refractivity (Wildman–Crippen MR) is 80.4 cm³/mol. The molecule has 3 rings (SSSR count). The first-order valence-electron chi connectivity index (χ1n) is 7.22. The fraction of sp³-hybridized carbons (Fsp3) is 0.588. The lowest BCUT2D eigenvalue weighted by molar-refractivity contribution is -0.120. The Labute approximate surface area is 125 Å². The van der Waals surface area contributed by atoms with Crippen molar-refractivity contribution in [1.29, 1.82) is 0 Å². The zero-order valence-corrected chi connectivity index (χ0v) is 13.3. The smallest absolute Gasteiger partial charge is 0.141 e. The van der Waals surface area contributed by atoms with Gasteiger partial charge in [0, 0.05) is 29.3 Å². The molecule has 2 aliphatic rings. The molecular weight excluding hydrogens is 272 g/mol. The molecule has 20 heavy (non-hydrogen) atoms. The second-order valence-corrected chi connectivity index (χ2v) is 7.61. The van der Waals surface area contributed by atoms with Crippen LogP contribution in [0.15, 0.2) is 12.1 Å². The number of hydrogen-bond donors (Lipinski definition) is 0. The fourth-order valence-electron chi connectivity index (χ4n) is 3.77. The minimum atomic E-state index is 0.0900. The normalized spacial score (nSPS) is 22.2. The molecule has 2 nitrogen and oxygen atoms in total. The molecule has 0 radical (unpaired) electrons. The van der Waals surface area contributed by atoms with E-state index in [1.807, 2.05) is 12.1 Å². The van der Waals surface area contributed by atoms with E-state index in [0.29, 0.717) is 23.8 Å². The van der Waals surface area contributed by atoms with Crippen LogP contribution in [-0.4, -0.2) is 12.4 Å². The standard InChI is InChI=1S/C17H21ClO2/c1-16(2)15(17(16,3)4)13(19)9-11-8-12(18)7-10-5-6-20-14(10)11/h7-8,15H,5-6,9H2,1-4H3. The lowest BCUT2D eigenvalue weighted by Gasteiger charge is -2.09. The van der Waals surface area contributed by atoms with E-state index >= 15 is 0 Å². The third kappa shape index (κ3) is 1.88. The predicted octanol–water partition coefficient (Wildman–Crippen LogP) is 4.07. The topological polar surface area (TPSA) is 26.3 Å².